The second kappa shape index (κ2) is 6.46. The fourth-order valence-electron chi connectivity index (χ4n) is 3.06. The lowest BCUT2D eigenvalue weighted by Gasteiger charge is -2.35. The summed E-state index contributed by atoms with van der Waals surface area (Å²) < 4.78 is 5.29. The van der Waals surface area contributed by atoms with Gasteiger partial charge < -0.3 is 20.4 Å². The van der Waals surface area contributed by atoms with E-state index < -0.39 is 5.41 Å². The minimum Gasteiger partial charge on any atom is -0.384 e. The third-order valence-corrected chi connectivity index (χ3v) is 4.32. The maximum absolute atomic E-state index is 12.6. The summed E-state index contributed by atoms with van der Waals surface area (Å²) in [6, 6.07) is 7.85. The van der Waals surface area contributed by atoms with Crippen LogP contribution < -0.4 is 10.6 Å². The first-order valence-electron chi connectivity index (χ1n) is 7.65. The molecular weight excluding hydrogens is 280 g/mol. The zero-order chi connectivity index (χ0) is 15.4. The van der Waals surface area contributed by atoms with Crippen LogP contribution in [0.1, 0.15) is 18.7 Å². The zero-order valence-corrected chi connectivity index (χ0v) is 12.8. The molecule has 6 heteroatoms. The van der Waals surface area contributed by atoms with E-state index >= 15 is 0 Å². The first-order chi connectivity index (χ1) is 10.7. The van der Waals surface area contributed by atoms with Gasteiger partial charge >= 0.3 is 0 Å². The van der Waals surface area contributed by atoms with Gasteiger partial charge in [-0.3, -0.25) is 4.79 Å². The van der Waals surface area contributed by atoms with Gasteiger partial charge in [-0.1, -0.05) is 12.1 Å². The highest BCUT2D eigenvalue weighted by atomic mass is 16.5. The van der Waals surface area contributed by atoms with Crippen molar-refractivity contribution in [3.8, 4) is 0 Å². The fourth-order valence-corrected chi connectivity index (χ4v) is 3.06. The average Bonchev–Trinajstić information content (AvgIpc) is 2.96. The molecule has 1 aromatic carbocycles. The second-order valence-corrected chi connectivity index (χ2v) is 5.85. The number of hydrogen-bond donors (Lipinski definition) is 3. The predicted molar refractivity (Wildman–Crippen MR) is 84.4 cm³/mol. The van der Waals surface area contributed by atoms with Crippen molar-refractivity contribution in [2.45, 2.75) is 19.4 Å². The smallest absolute Gasteiger partial charge is 0.229 e. The van der Waals surface area contributed by atoms with E-state index in [9.17, 15) is 4.79 Å². The van der Waals surface area contributed by atoms with Crippen LogP contribution in [-0.2, 0) is 16.1 Å². The third-order valence-electron chi connectivity index (χ3n) is 4.32. The van der Waals surface area contributed by atoms with Crippen LogP contribution in [-0.4, -0.2) is 42.7 Å². The number of imidazole rings is 1. The molecule has 3 rings (SSSR count). The van der Waals surface area contributed by atoms with E-state index in [2.05, 4.69) is 20.6 Å². The highest BCUT2D eigenvalue weighted by Crippen LogP contribution is 2.29. The number of aromatic amines is 1. The van der Waals surface area contributed by atoms with Crippen molar-refractivity contribution in [3.05, 3.63) is 30.1 Å². The average molecular weight is 302 g/mol. The molecule has 0 bridgehead atoms. The lowest BCUT2D eigenvalue weighted by atomic mass is 9.78. The van der Waals surface area contributed by atoms with Crippen molar-refractivity contribution in [1.82, 2.24) is 20.6 Å². The van der Waals surface area contributed by atoms with E-state index in [1.807, 2.05) is 24.3 Å². The van der Waals surface area contributed by atoms with Gasteiger partial charge in [0.25, 0.3) is 0 Å². The van der Waals surface area contributed by atoms with Gasteiger partial charge in [-0.2, -0.15) is 0 Å². The van der Waals surface area contributed by atoms with Gasteiger partial charge in [-0.25, -0.2) is 4.98 Å². The number of ether oxygens (including phenoxy) is 1. The molecule has 22 heavy (non-hydrogen) atoms. The first kappa shape index (κ1) is 15.0. The summed E-state index contributed by atoms with van der Waals surface area (Å²) in [6.07, 6.45) is 1.60. The molecule has 0 radical (unpaired) electrons. The third kappa shape index (κ3) is 2.98. The summed E-state index contributed by atoms with van der Waals surface area (Å²) in [4.78, 5) is 20.4. The molecule has 1 aromatic heterocycles. The molecule has 0 aliphatic carbocycles. The summed E-state index contributed by atoms with van der Waals surface area (Å²) in [5, 5.41) is 6.31. The summed E-state index contributed by atoms with van der Waals surface area (Å²) >= 11 is 0. The molecule has 6 nitrogen and oxygen atoms in total. The van der Waals surface area contributed by atoms with Crippen LogP contribution in [0.25, 0.3) is 11.0 Å². The van der Waals surface area contributed by atoms with Crippen LogP contribution in [0.15, 0.2) is 24.3 Å². The molecule has 0 atom stereocenters. The lowest BCUT2D eigenvalue weighted by molar-refractivity contribution is -0.136. The Morgan fingerprint density at radius 3 is 2.86 bits per heavy atom. The zero-order valence-electron chi connectivity index (χ0n) is 12.8. The van der Waals surface area contributed by atoms with Gasteiger partial charge in [-0.05, 0) is 38.1 Å². The molecule has 118 valence electrons. The molecule has 2 heterocycles. The summed E-state index contributed by atoms with van der Waals surface area (Å²) in [5.41, 5.74) is 1.48. The lowest BCUT2D eigenvalue weighted by Crippen LogP contribution is -2.50. The second-order valence-electron chi connectivity index (χ2n) is 5.85. The van der Waals surface area contributed by atoms with Gasteiger partial charge in [0.2, 0.25) is 5.91 Å². The number of fused-ring (bicyclic) bond motifs is 1. The monoisotopic (exact) mass is 302 g/mol. The Bertz CT molecular complexity index is 608. The number of carbonyl (C=O) groups is 1. The SMILES string of the molecule is COCC1(C(=O)NCc2nc3ccccc3[nH]2)CCNCC1. The number of aromatic nitrogens is 2. The standard InChI is InChI=1S/C16H22N4O2/c1-22-11-16(6-8-17-9-7-16)15(21)18-10-14-19-12-4-2-3-5-13(12)20-14/h2-5,17H,6-11H2,1H3,(H,18,21)(H,19,20). The molecular formula is C16H22N4O2. The van der Waals surface area contributed by atoms with Crippen LogP contribution >= 0.6 is 0 Å². The van der Waals surface area contributed by atoms with Crippen LogP contribution in [0, 0.1) is 5.41 Å². The Kier molecular flexibility index (Phi) is 4.40. The van der Waals surface area contributed by atoms with Gasteiger partial charge in [-0.15, -0.1) is 0 Å². The van der Waals surface area contributed by atoms with Crippen LogP contribution in [0.2, 0.25) is 0 Å². The molecule has 0 unspecified atom stereocenters. The Hall–Kier alpha value is -1.92. The minimum atomic E-state index is -0.425. The van der Waals surface area contributed by atoms with E-state index in [1.165, 1.54) is 0 Å². The Labute approximate surface area is 129 Å². The molecule has 2 aromatic rings. The highest BCUT2D eigenvalue weighted by Gasteiger charge is 2.39. The summed E-state index contributed by atoms with van der Waals surface area (Å²) in [5.74, 6) is 0.826. The number of H-pyrrole nitrogens is 1. The number of benzene rings is 1. The van der Waals surface area contributed by atoms with E-state index in [0.29, 0.717) is 13.2 Å². The topological polar surface area (TPSA) is 79.0 Å². The van der Waals surface area contributed by atoms with E-state index in [4.69, 9.17) is 4.74 Å². The van der Waals surface area contributed by atoms with E-state index in [0.717, 1.165) is 42.8 Å². The van der Waals surface area contributed by atoms with Crippen LogP contribution in [0.4, 0.5) is 0 Å². The molecule has 0 saturated carbocycles. The number of nitrogens with zero attached hydrogens (tertiary/aromatic N) is 1. The number of carbonyl (C=O) groups excluding carboxylic acids is 1. The number of hydrogen-bond acceptors (Lipinski definition) is 4. The quantitative estimate of drug-likeness (QED) is 0.775. The van der Waals surface area contributed by atoms with E-state index in [1.54, 1.807) is 7.11 Å². The minimum absolute atomic E-state index is 0.0521. The number of piperidine rings is 1. The van der Waals surface area contributed by atoms with Crippen molar-refractivity contribution < 1.29 is 9.53 Å². The van der Waals surface area contributed by atoms with Crippen LogP contribution in [0.5, 0.6) is 0 Å². The molecule has 1 aliphatic rings. The largest absolute Gasteiger partial charge is 0.384 e. The van der Waals surface area contributed by atoms with Crippen molar-refractivity contribution in [1.29, 1.82) is 0 Å². The Morgan fingerprint density at radius 2 is 2.14 bits per heavy atom. The number of methoxy groups -OCH3 is 1. The molecule has 1 aliphatic heterocycles. The predicted octanol–water partition coefficient (Wildman–Crippen LogP) is 1.20. The molecule has 0 spiro atoms. The molecule has 1 saturated heterocycles. The summed E-state index contributed by atoms with van der Waals surface area (Å²) in [6.45, 7) is 2.57. The van der Waals surface area contributed by atoms with Crippen molar-refractivity contribution >= 4 is 16.9 Å². The first-order valence-corrected chi connectivity index (χ1v) is 7.65. The molecule has 1 amide bonds. The maximum atomic E-state index is 12.6. The van der Waals surface area contributed by atoms with E-state index in [-0.39, 0.29) is 5.91 Å². The maximum Gasteiger partial charge on any atom is 0.229 e. The summed E-state index contributed by atoms with van der Waals surface area (Å²) in [7, 11) is 1.65. The van der Waals surface area contributed by atoms with Gasteiger partial charge in [0.05, 0.1) is 29.6 Å². The van der Waals surface area contributed by atoms with Gasteiger partial charge in [0, 0.05) is 7.11 Å². The van der Waals surface area contributed by atoms with Crippen molar-refractivity contribution in [2.24, 2.45) is 5.41 Å². The van der Waals surface area contributed by atoms with Gasteiger partial charge in [0.1, 0.15) is 5.82 Å². The highest BCUT2D eigenvalue weighted by molar-refractivity contribution is 5.83. The number of nitrogens with one attached hydrogen (secondary N) is 3. The Morgan fingerprint density at radius 1 is 1.36 bits per heavy atom. The molecule has 3 N–H and O–H groups in total. The normalized spacial score (nSPS) is 17.5. The van der Waals surface area contributed by atoms with Crippen LogP contribution in [0.3, 0.4) is 0 Å². The number of para-hydroxylation sites is 2. The Balaban J connectivity index is 1.67. The number of rotatable bonds is 5. The molecule has 1 fully saturated rings. The fraction of sp³-hybridized carbons (Fsp3) is 0.500. The van der Waals surface area contributed by atoms with Crippen molar-refractivity contribution in [2.75, 3.05) is 26.8 Å². The van der Waals surface area contributed by atoms with Gasteiger partial charge in [0.15, 0.2) is 0 Å². The van der Waals surface area contributed by atoms with Crippen molar-refractivity contribution in [3.63, 3.8) is 0 Å². The number of amides is 1.